The minimum Gasteiger partial charge on any atom is -0.482 e. The number of aliphatic carboxylic acids is 1. The molecule has 1 N–H and O–H groups in total. The summed E-state index contributed by atoms with van der Waals surface area (Å²) in [6.45, 7) is 3.38. The van der Waals surface area contributed by atoms with E-state index < -0.39 is 12.6 Å². The molecule has 22 heavy (non-hydrogen) atoms. The predicted octanol–water partition coefficient (Wildman–Crippen LogP) is 3.49. The molecular formula is C17H14O4S. The van der Waals surface area contributed by atoms with Gasteiger partial charge in [-0.3, -0.25) is 4.79 Å². The first-order valence-electron chi connectivity index (χ1n) is 6.79. The van der Waals surface area contributed by atoms with E-state index in [-0.39, 0.29) is 5.43 Å². The van der Waals surface area contributed by atoms with Crippen LogP contribution in [-0.2, 0) is 4.79 Å². The Labute approximate surface area is 130 Å². The van der Waals surface area contributed by atoms with Crippen LogP contribution in [0.4, 0.5) is 0 Å². The SMILES string of the molecule is Cc1c(OCC(=O)O)cc2c(=O)c3ccccc3sc2c1C. The van der Waals surface area contributed by atoms with Gasteiger partial charge in [-0.25, -0.2) is 4.79 Å². The molecular weight excluding hydrogens is 300 g/mol. The molecule has 0 unspecified atom stereocenters. The largest absolute Gasteiger partial charge is 0.482 e. The summed E-state index contributed by atoms with van der Waals surface area (Å²) >= 11 is 1.57. The standard InChI is InChI=1S/C17H14O4S/c1-9-10(2)17-12(7-13(9)21-8-15(18)19)16(20)11-5-3-4-6-14(11)22-17/h3-7H,8H2,1-2H3,(H,18,19). The fourth-order valence-electron chi connectivity index (χ4n) is 2.45. The van der Waals surface area contributed by atoms with Crippen molar-refractivity contribution in [2.75, 3.05) is 6.61 Å². The summed E-state index contributed by atoms with van der Waals surface area (Å²) < 4.78 is 7.19. The smallest absolute Gasteiger partial charge is 0.341 e. The van der Waals surface area contributed by atoms with Crippen molar-refractivity contribution in [3.8, 4) is 5.75 Å². The van der Waals surface area contributed by atoms with E-state index >= 15 is 0 Å². The van der Waals surface area contributed by atoms with E-state index in [4.69, 9.17) is 9.84 Å². The second-order valence-electron chi connectivity index (χ2n) is 5.11. The molecule has 0 aliphatic rings. The van der Waals surface area contributed by atoms with Gasteiger partial charge in [-0.15, -0.1) is 11.3 Å². The zero-order valence-electron chi connectivity index (χ0n) is 12.2. The van der Waals surface area contributed by atoms with E-state index in [2.05, 4.69) is 0 Å². The van der Waals surface area contributed by atoms with Crippen LogP contribution in [0.2, 0.25) is 0 Å². The summed E-state index contributed by atoms with van der Waals surface area (Å²) in [6, 6.07) is 9.15. The number of carboxylic acids is 1. The highest BCUT2D eigenvalue weighted by Gasteiger charge is 2.14. The summed E-state index contributed by atoms with van der Waals surface area (Å²) in [5.74, 6) is -0.590. The van der Waals surface area contributed by atoms with Crippen LogP contribution in [0, 0.1) is 13.8 Å². The number of hydrogen-bond acceptors (Lipinski definition) is 4. The lowest BCUT2D eigenvalue weighted by atomic mass is 10.1. The lowest BCUT2D eigenvalue weighted by Gasteiger charge is -2.12. The Bertz CT molecular complexity index is 956. The van der Waals surface area contributed by atoms with E-state index in [9.17, 15) is 9.59 Å². The molecule has 2 aromatic carbocycles. The van der Waals surface area contributed by atoms with Gasteiger partial charge >= 0.3 is 5.97 Å². The lowest BCUT2D eigenvalue weighted by Crippen LogP contribution is -2.11. The van der Waals surface area contributed by atoms with Crippen LogP contribution in [0.1, 0.15) is 11.1 Å². The first-order valence-corrected chi connectivity index (χ1v) is 7.61. The second kappa shape index (κ2) is 5.42. The number of aryl methyl sites for hydroxylation is 1. The van der Waals surface area contributed by atoms with Gasteiger partial charge in [0.2, 0.25) is 0 Å². The molecule has 0 saturated heterocycles. The molecule has 3 rings (SSSR count). The monoisotopic (exact) mass is 314 g/mol. The highest BCUT2D eigenvalue weighted by molar-refractivity contribution is 7.24. The van der Waals surface area contributed by atoms with Crippen molar-refractivity contribution in [2.24, 2.45) is 0 Å². The van der Waals surface area contributed by atoms with Gasteiger partial charge in [0.1, 0.15) is 5.75 Å². The van der Waals surface area contributed by atoms with Gasteiger partial charge in [0.05, 0.1) is 0 Å². The fourth-order valence-corrected chi connectivity index (χ4v) is 3.65. The fraction of sp³-hybridized carbons (Fsp3) is 0.176. The molecule has 1 heterocycles. The molecule has 0 radical (unpaired) electrons. The van der Waals surface area contributed by atoms with Crippen molar-refractivity contribution in [1.82, 2.24) is 0 Å². The van der Waals surface area contributed by atoms with Crippen molar-refractivity contribution in [1.29, 1.82) is 0 Å². The minimum absolute atomic E-state index is 0.0485. The molecule has 1 aromatic heterocycles. The Morgan fingerprint density at radius 1 is 1.18 bits per heavy atom. The topological polar surface area (TPSA) is 63.6 Å². The van der Waals surface area contributed by atoms with E-state index in [1.54, 1.807) is 23.5 Å². The van der Waals surface area contributed by atoms with Crippen LogP contribution in [0.15, 0.2) is 35.1 Å². The van der Waals surface area contributed by atoms with Crippen molar-refractivity contribution < 1.29 is 14.6 Å². The maximum absolute atomic E-state index is 12.7. The van der Waals surface area contributed by atoms with Gasteiger partial charge in [-0.2, -0.15) is 0 Å². The average Bonchev–Trinajstić information content (AvgIpc) is 2.50. The van der Waals surface area contributed by atoms with E-state index in [0.717, 1.165) is 20.5 Å². The third-order valence-corrected chi connectivity index (χ3v) is 5.04. The maximum atomic E-state index is 12.7. The lowest BCUT2D eigenvalue weighted by molar-refractivity contribution is -0.139. The Balaban J connectivity index is 2.32. The molecule has 3 aromatic rings. The molecule has 4 nitrogen and oxygen atoms in total. The molecule has 0 saturated carbocycles. The summed E-state index contributed by atoms with van der Waals surface area (Å²) in [6.07, 6.45) is 0. The minimum atomic E-state index is -1.04. The number of ether oxygens (including phenoxy) is 1. The molecule has 0 aliphatic carbocycles. The number of benzene rings is 2. The molecule has 0 atom stereocenters. The molecule has 0 fully saturated rings. The summed E-state index contributed by atoms with van der Waals surface area (Å²) in [7, 11) is 0. The quantitative estimate of drug-likeness (QED) is 0.752. The predicted molar refractivity (Wildman–Crippen MR) is 88.2 cm³/mol. The molecule has 0 amide bonds. The Kier molecular flexibility index (Phi) is 3.58. The van der Waals surface area contributed by atoms with Crippen LogP contribution in [-0.4, -0.2) is 17.7 Å². The van der Waals surface area contributed by atoms with Gasteiger partial charge in [0, 0.05) is 20.2 Å². The zero-order valence-corrected chi connectivity index (χ0v) is 13.0. The van der Waals surface area contributed by atoms with Crippen molar-refractivity contribution in [2.45, 2.75) is 13.8 Å². The van der Waals surface area contributed by atoms with Crippen LogP contribution >= 0.6 is 11.3 Å². The second-order valence-corrected chi connectivity index (χ2v) is 6.16. The average molecular weight is 314 g/mol. The van der Waals surface area contributed by atoms with Gasteiger partial charge in [-0.1, -0.05) is 12.1 Å². The Hall–Kier alpha value is -2.40. The normalized spacial score (nSPS) is 11.0. The molecule has 0 bridgehead atoms. The van der Waals surface area contributed by atoms with Crippen LogP contribution < -0.4 is 10.2 Å². The van der Waals surface area contributed by atoms with Crippen LogP contribution in [0.5, 0.6) is 5.75 Å². The van der Waals surface area contributed by atoms with Gasteiger partial charge in [-0.05, 0) is 43.2 Å². The maximum Gasteiger partial charge on any atom is 0.341 e. The van der Waals surface area contributed by atoms with Gasteiger partial charge in [0.25, 0.3) is 0 Å². The summed E-state index contributed by atoms with van der Waals surface area (Å²) in [5.41, 5.74) is 1.76. The van der Waals surface area contributed by atoms with E-state index in [1.807, 2.05) is 32.0 Å². The van der Waals surface area contributed by atoms with Gasteiger partial charge in [0.15, 0.2) is 12.0 Å². The molecule has 112 valence electrons. The Morgan fingerprint density at radius 3 is 2.64 bits per heavy atom. The number of carbonyl (C=O) groups is 1. The Morgan fingerprint density at radius 2 is 1.91 bits per heavy atom. The van der Waals surface area contributed by atoms with Crippen molar-refractivity contribution in [3.63, 3.8) is 0 Å². The first kappa shape index (κ1) is 14.5. The molecule has 0 spiro atoms. The third-order valence-electron chi connectivity index (χ3n) is 3.73. The van der Waals surface area contributed by atoms with Gasteiger partial charge < -0.3 is 9.84 Å². The number of rotatable bonds is 3. The zero-order chi connectivity index (χ0) is 15.9. The van der Waals surface area contributed by atoms with Crippen molar-refractivity contribution >= 4 is 37.5 Å². The highest BCUT2D eigenvalue weighted by atomic mass is 32.1. The van der Waals surface area contributed by atoms with E-state index in [1.165, 1.54) is 0 Å². The third kappa shape index (κ3) is 2.33. The first-order chi connectivity index (χ1) is 10.5. The molecule has 0 aliphatic heterocycles. The van der Waals surface area contributed by atoms with Crippen LogP contribution in [0.3, 0.4) is 0 Å². The summed E-state index contributed by atoms with van der Waals surface area (Å²) in [5, 5.41) is 10.0. The highest BCUT2D eigenvalue weighted by Crippen LogP contribution is 2.33. The van der Waals surface area contributed by atoms with Crippen LogP contribution in [0.25, 0.3) is 20.2 Å². The molecule has 5 heteroatoms. The number of fused-ring (bicyclic) bond motifs is 2. The number of hydrogen-bond donors (Lipinski definition) is 1. The summed E-state index contributed by atoms with van der Waals surface area (Å²) in [4.78, 5) is 23.4. The van der Waals surface area contributed by atoms with Crippen molar-refractivity contribution in [3.05, 3.63) is 51.7 Å². The number of carboxylic acid groups (broad SMARTS) is 1. The van der Waals surface area contributed by atoms with E-state index in [0.29, 0.717) is 16.5 Å².